The lowest BCUT2D eigenvalue weighted by Gasteiger charge is -2.34. The minimum absolute atomic E-state index is 0.174. The Bertz CT molecular complexity index is 507. The van der Waals surface area contributed by atoms with Crippen LogP contribution in [0.25, 0.3) is 0 Å². The molecule has 108 valence electrons. The first kappa shape index (κ1) is 14.6. The van der Waals surface area contributed by atoms with Crippen molar-refractivity contribution in [2.75, 3.05) is 19.3 Å². The van der Waals surface area contributed by atoms with Crippen molar-refractivity contribution in [3.05, 3.63) is 24.2 Å². The minimum Gasteiger partial charge on any atom is -0.472 e. The monoisotopic (exact) mass is 287 g/mol. The Labute approximate surface area is 114 Å². The molecule has 1 fully saturated rings. The molecule has 6 heteroatoms. The summed E-state index contributed by atoms with van der Waals surface area (Å²) in [6, 6.07) is 1.75. The van der Waals surface area contributed by atoms with Crippen LogP contribution in [0.15, 0.2) is 23.0 Å². The number of sulfonamides is 1. The molecule has 0 aromatic carbocycles. The number of hydrogen-bond acceptors (Lipinski definition) is 4. The molecule has 1 aromatic heterocycles. The molecule has 2 unspecified atom stereocenters. The summed E-state index contributed by atoms with van der Waals surface area (Å²) in [5.74, 6) is 0.174. The van der Waals surface area contributed by atoms with E-state index in [9.17, 15) is 13.5 Å². The van der Waals surface area contributed by atoms with E-state index < -0.39 is 15.6 Å². The third-order valence-corrected chi connectivity index (χ3v) is 5.05. The molecule has 1 aliphatic heterocycles. The highest BCUT2D eigenvalue weighted by Crippen LogP contribution is 2.32. The summed E-state index contributed by atoms with van der Waals surface area (Å²) >= 11 is 0. The summed E-state index contributed by atoms with van der Waals surface area (Å²) < 4.78 is 29.7. The van der Waals surface area contributed by atoms with Crippen LogP contribution in [0.5, 0.6) is 0 Å². The topological polar surface area (TPSA) is 70.8 Å². The molecule has 1 saturated heterocycles. The summed E-state index contributed by atoms with van der Waals surface area (Å²) in [5, 5.41) is 10.5. The summed E-state index contributed by atoms with van der Waals surface area (Å²) in [5.41, 5.74) is -0.234. The molecule has 1 aliphatic rings. The molecule has 0 radical (unpaired) electrons. The van der Waals surface area contributed by atoms with Gasteiger partial charge in [0.2, 0.25) is 10.0 Å². The van der Waals surface area contributed by atoms with Gasteiger partial charge in [-0.1, -0.05) is 0 Å². The van der Waals surface area contributed by atoms with E-state index in [-0.39, 0.29) is 5.92 Å². The van der Waals surface area contributed by atoms with Crippen LogP contribution < -0.4 is 0 Å². The lowest BCUT2D eigenvalue weighted by molar-refractivity contribution is 0.0206. The van der Waals surface area contributed by atoms with Crippen LogP contribution in [0.4, 0.5) is 0 Å². The zero-order valence-corrected chi connectivity index (χ0v) is 12.2. The van der Waals surface area contributed by atoms with Crippen LogP contribution in [-0.4, -0.2) is 37.2 Å². The number of rotatable bonds is 4. The summed E-state index contributed by atoms with van der Waals surface area (Å²) in [6.45, 7) is 2.83. The van der Waals surface area contributed by atoms with Gasteiger partial charge in [0, 0.05) is 18.7 Å². The van der Waals surface area contributed by atoms with Crippen LogP contribution in [0.2, 0.25) is 0 Å². The second-order valence-electron chi connectivity index (χ2n) is 5.62. The molecule has 0 spiro atoms. The Balaban J connectivity index is 2.03. The third-order valence-electron chi connectivity index (χ3n) is 3.78. The second kappa shape index (κ2) is 5.26. The van der Waals surface area contributed by atoms with E-state index in [1.165, 1.54) is 23.1 Å². The molecule has 1 aromatic rings. The van der Waals surface area contributed by atoms with Crippen LogP contribution in [0.1, 0.15) is 31.7 Å². The second-order valence-corrected chi connectivity index (χ2v) is 7.60. The van der Waals surface area contributed by atoms with Crippen LogP contribution >= 0.6 is 0 Å². The molecule has 0 bridgehead atoms. The average molecular weight is 287 g/mol. The van der Waals surface area contributed by atoms with Crippen molar-refractivity contribution in [2.24, 2.45) is 5.92 Å². The SMILES string of the molecule is CC(O)(CC1CCCN(S(C)(=O)=O)C1)c1ccoc1. The maximum atomic E-state index is 11.6. The van der Waals surface area contributed by atoms with Gasteiger partial charge in [0.25, 0.3) is 0 Å². The van der Waals surface area contributed by atoms with Gasteiger partial charge in [-0.05, 0) is 38.2 Å². The normalized spacial score (nSPS) is 25.1. The molecule has 5 nitrogen and oxygen atoms in total. The van der Waals surface area contributed by atoms with Crippen molar-refractivity contribution in [1.29, 1.82) is 0 Å². The van der Waals surface area contributed by atoms with E-state index in [0.29, 0.717) is 19.5 Å². The Morgan fingerprint density at radius 2 is 2.32 bits per heavy atom. The predicted octanol–water partition coefficient (Wildman–Crippen LogP) is 1.55. The van der Waals surface area contributed by atoms with E-state index in [1.807, 2.05) is 0 Å². The van der Waals surface area contributed by atoms with E-state index in [2.05, 4.69) is 0 Å². The smallest absolute Gasteiger partial charge is 0.211 e. The summed E-state index contributed by atoms with van der Waals surface area (Å²) in [7, 11) is -3.14. The average Bonchev–Trinajstić information content (AvgIpc) is 2.81. The first-order chi connectivity index (χ1) is 8.79. The summed E-state index contributed by atoms with van der Waals surface area (Å²) in [4.78, 5) is 0. The molecule has 1 N–H and O–H groups in total. The van der Waals surface area contributed by atoms with Crippen molar-refractivity contribution in [1.82, 2.24) is 4.31 Å². The molecule has 2 heterocycles. The zero-order chi connectivity index (χ0) is 14.1. The van der Waals surface area contributed by atoms with Gasteiger partial charge in [-0.2, -0.15) is 0 Å². The minimum atomic E-state index is -3.14. The molecule has 19 heavy (non-hydrogen) atoms. The largest absolute Gasteiger partial charge is 0.472 e. The standard InChI is InChI=1S/C13H21NO4S/c1-13(15,12-5-7-18-10-12)8-11-4-3-6-14(9-11)19(2,16)17/h5,7,10-11,15H,3-4,6,8-9H2,1-2H3. The van der Waals surface area contributed by atoms with Crippen molar-refractivity contribution < 1.29 is 17.9 Å². The lowest BCUT2D eigenvalue weighted by Crippen LogP contribution is -2.41. The van der Waals surface area contributed by atoms with Crippen LogP contribution in [-0.2, 0) is 15.6 Å². The van der Waals surface area contributed by atoms with Crippen LogP contribution in [0.3, 0.4) is 0 Å². The van der Waals surface area contributed by atoms with Gasteiger partial charge in [-0.3, -0.25) is 0 Å². The highest BCUT2D eigenvalue weighted by atomic mass is 32.2. The van der Waals surface area contributed by atoms with Crippen molar-refractivity contribution in [3.63, 3.8) is 0 Å². The van der Waals surface area contributed by atoms with Crippen molar-refractivity contribution >= 4 is 10.0 Å². The maximum absolute atomic E-state index is 11.6. The first-order valence-electron chi connectivity index (χ1n) is 6.49. The number of furan rings is 1. The fourth-order valence-electron chi connectivity index (χ4n) is 2.75. The number of aliphatic hydroxyl groups is 1. The van der Waals surface area contributed by atoms with E-state index in [0.717, 1.165) is 18.4 Å². The highest BCUT2D eigenvalue weighted by Gasteiger charge is 2.33. The van der Waals surface area contributed by atoms with Gasteiger partial charge in [0.1, 0.15) is 0 Å². The third kappa shape index (κ3) is 3.58. The number of piperidine rings is 1. The fourth-order valence-corrected chi connectivity index (χ4v) is 3.69. The lowest BCUT2D eigenvalue weighted by atomic mass is 9.84. The quantitative estimate of drug-likeness (QED) is 0.912. The number of nitrogens with zero attached hydrogens (tertiary/aromatic N) is 1. The molecule has 2 rings (SSSR count). The van der Waals surface area contributed by atoms with Gasteiger partial charge in [0.15, 0.2) is 0 Å². The molecule has 0 saturated carbocycles. The molecule has 2 atom stereocenters. The molecular weight excluding hydrogens is 266 g/mol. The fraction of sp³-hybridized carbons (Fsp3) is 0.692. The van der Waals surface area contributed by atoms with E-state index in [1.54, 1.807) is 13.0 Å². The van der Waals surface area contributed by atoms with Crippen molar-refractivity contribution in [3.8, 4) is 0 Å². The predicted molar refractivity (Wildman–Crippen MR) is 72.0 cm³/mol. The highest BCUT2D eigenvalue weighted by molar-refractivity contribution is 7.88. The Morgan fingerprint density at radius 3 is 2.89 bits per heavy atom. The first-order valence-corrected chi connectivity index (χ1v) is 8.34. The van der Waals surface area contributed by atoms with Gasteiger partial charge in [-0.25, -0.2) is 12.7 Å². The van der Waals surface area contributed by atoms with E-state index >= 15 is 0 Å². The van der Waals surface area contributed by atoms with E-state index in [4.69, 9.17) is 4.42 Å². The van der Waals surface area contributed by atoms with Crippen molar-refractivity contribution in [2.45, 2.75) is 31.8 Å². The van der Waals surface area contributed by atoms with Gasteiger partial charge in [-0.15, -0.1) is 0 Å². The Kier molecular flexibility index (Phi) is 4.03. The zero-order valence-electron chi connectivity index (χ0n) is 11.4. The maximum Gasteiger partial charge on any atom is 0.211 e. The van der Waals surface area contributed by atoms with Gasteiger partial charge >= 0.3 is 0 Å². The number of hydrogen-bond donors (Lipinski definition) is 1. The molecule has 0 amide bonds. The summed E-state index contributed by atoms with van der Waals surface area (Å²) in [6.07, 6.45) is 6.64. The Morgan fingerprint density at radius 1 is 1.58 bits per heavy atom. The van der Waals surface area contributed by atoms with Crippen LogP contribution in [0, 0.1) is 5.92 Å². The molecule has 0 aliphatic carbocycles. The van der Waals surface area contributed by atoms with Gasteiger partial charge in [0.05, 0.1) is 24.4 Å². The van der Waals surface area contributed by atoms with Gasteiger partial charge < -0.3 is 9.52 Å². The Hall–Kier alpha value is -0.850. The molecular formula is C13H21NO4S.